The quantitative estimate of drug-likeness (QED) is 0.770. The molecule has 0 unspecified atom stereocenters. The second kappa shape index (κ2) is 5.90. The number of carbonyl (C=O) groups is 1. The van der Waals surface area contributed by atoms with Crippen LogP contribution < -0.4 is 4.90 Å². The summed E-state index contributed by atoms with van der Waals surface area (Å²) >= 11 is 0. The molecule has 0 spiro atoms. The molecule has 0 saturated carbocycles. The lowest BCUT2D eigenvalue weighted by Gasteiger charge is -2.33. The van der Waals surface area contributed by atoms with E-state index in [1.54, 1.807) is 4.90 Å². The summed E-state index contributed by atoms with van der Waals surface area (Å²) in [6.45, 7) is 7.29. The second-order valence-electron chi connectivity index (χ2n) is 7.63. The van der Waals surface area contributed by atoms with Crippen LogP contribution in [0.2, 0.25) is 0 Å². The minimum atomic E-state index is -2.54. The van der Waals surface area contributed by atoms with Crippen molar-refractivity contribution in [2.24, 2.45) is 0 Å². The number of carbonyl (C=O) groups excluding carboxylic acids is 1. The molecule has 0 aliphatic carbocycles. The number of fused-ring (bicyclic) bond motifs is 1. The maximum atomic E-state index is 13.3. The Balaban J connectivity index is 1.67. The van der Waals surface area contributed by atoms with Crippen LogP contribution in [0.4, 0.5) is 19.3 Å². The fourth-order valence-electron chi connectivity index (χ4n) is 3.13. The Morgan fingerprint density at radius 3 is 2.38 bits per heavy atom. The number of ether oxygens (including phenoxy) is 1. The predicted octanol–water partition coefficient (Wildman–Crippen LogP) is 4.17. The second-order valence-corrected chi connectivity index (χ2v) is 7.63. The van der Waals surface area contributed by atoms with Gasteiger partial charge in [0.2, 0.25) is 0 Å². The number of rotatable bonds is 1. The van der Waals surface area contributed by atoms with Crippen molar-refractivity contribution >= 4 is 11.8 Å². The van der Waals surface area contributed by atoms with Crippen molar-refractivity contribution < 1.29 is 18.3 Å². The molecule has 2 aliphatic rings. The van der Waals surface area contributed by atoms with Gasteiger partial charge in [-0.05, 0) is 44.0 Å². The van der Waals surface area contributed by atoms with Gasteiger partial charge in [0, 0.05) is 44.7 Å². The van der Waals surface area contributed by atoms with Crippen LogP contribution in [0.15, 0.2) is 18.2 Å². The zero-order chi connectivity index (χ0) is 17.5. The third kappa shape index (κ3) is 3.79. The van der Waals surface area contributed by atoms with Gasteiger partial charge in [-0.1, -0.05) is 6.07 Å². The smallest absolute Gasteiger partial charge is 0.410 e. The van der Waals surface area contributed by atoms with Crippen molar-refractivity contribution in [1.82, 2.24) is 4.90 Å². The number of benzene rings is 1. The molecule has 1 fully saturated rings. The molecule has 2 heterocycles. The molecular formula is C18H24F2N2O2. The SMILES string of the molecule is CC(C)(C)OC(=O)N1Cc2ccc(N3CCC(F)(F)CC3)cc2C1. The Kier molecular flexibility index (Phi) is 4.18. The van der Waals surface area contributed by atoms with Crippen LogP contribution >= 0.6 is 0 Å². The maximum absolute atomic E-state index is 13.3. The molecule has 4 nitrogen and oxygen atoms in total. The average molecular weight is 338 g/mol. The molecule has 0 radical (unpaired) electrons. The summed E-state index contributed by atoms with van der Waals surface area (Å²) in [6.07, 6.45) is -0.528. The molecule has 2 aliphatic heterocycles. The Bertz CT molecular complexity index is 630. The van der Waals surface area contributed by atoms with E-state index in [4.69, 9.17) is 4.74 Å². The third-order valence-electron chi connectivity index (χ3n) is 4.42. The van der Waals surface area contributed by atoms with E-state index >= 15 is 0 Å². The summed E-state index contributed by atoms with van der Waals surface area (Å²) in [7, 11) is 0. The minimum Gasteiger partial charge on any atom is -0.444 e. The van der Waals surface area contributed by atoms with Crippen LogP contribution in [-0.4, -0.2) is 35.6 Å². The number of amides is 1. The lowest BCUT2D eigenvalue weighted by molar-refractivity contribution is -0.0220. The highest BCUT2D eigenvalue weighted by atomic mass is 19.3. The summed E-state index contributed by atoms with van der Waals surface area (Å²) in [4.78, 5) is 15.9. The standard InChI is InChI=1S/C18H24F2N2O2/c1-17(2,3)24-16(23)22-11-13-4-5-15(10-14(13)12-22)21-8-6-18(19,20)7-9-21/h4-5,10H,6-9,11-12H2,1-3H3. The molecule has 1 aromatic carbocycles. The van der Waals surface area contributed by atoms with Gasteiger partial charge in [-0.25, -0.2) is 13.6 Å². The average Bonchev–Trinajstić information content (AvgIpc) is 2.88. The van der Waals surface area contributed by atoms with E-state index in [9.17, 15) is 13.6 Å². The highest BCUT2D eigenvalue weighted by molar-refractivity contribution is 5.69. The van der Waals surface area contributed by atoms with Crippen LogP contribution in [0.1, 0.15) is 44.7 Å². The molecule has 1 aromatic rings. The highest BCUT2D eigenvalue weighted by Gasteiger charge is 2.34. The molecule has 24 heavy (non-hydrogen) atoms. The molecule has 132 valence electrons. The van der Waals surface area contributed by atoms with E-state index in [1.807, 2.05) is 43.9 Å². The fraction of sp³-hybridized carbons (Fsp3) is 0.611. The summed E-state index contributed by atoms with van der Waals surface area (Å²) in [5.74, 6) is -2.54. The third-order valence-corrected chi connectivity index (χ3v) is 4.42. The fourth-order valence-corrected chi connectivity index (χ4v) is 3.13. The van der Waals surface area contributed by atoms with Gasteiger partial charge in [0.05, 0.1) is 0 Å². The molecule has 0 bridgehead atoms. The number of hydrogen-bond acceptors (Lipinski definition) is 3. The van der Waals surface area contributed by atoms with E-state index in [0.717, 1.165) is 16.8 Å². The van der Waals surface area contributed by atoms with Crippen molar-refractivity contribution in [3.8, 4) is 0 Å². The van der Waals surface area contributed by atoms with Crippen molar-refractivity contribution in [2.45, 2.75) is 58.2 Å². The Morgan fingerprint density at radius 2 is 1.75 bits per heavy atom. The van der Waals surface area contributed by atoms with Crippen molar-refractivity contribution in [2.75, 3.05) is 18.0 Å². The van der Waals surface area contributed by atoms with E-state index in [0.29, 0.717) is 26.2 Å². The Hall–Kier alpha value is -1.85. The van der Waals surface area contributed by atoms with Crippen molar-refractivity contribution in [1.29, 1.82) is 0 Å². The van der Waals surface area contributed by atoms with E-state index in [2.05, 4.69) is 0 Å². The first kappa shape index (κ1) is 17.0. The van der Waals surface area contributed by atoms with E-state index in [-0.39, 0.29) is 18.9 Å². The zero-order valence-corrected chi connectivity index (χ0v) is 14.4. The molecule has 0 N–H and O–H groups in total. The van der Waals surface area contributed by atoms with Gasteiger partial charge >= 0.3 is 6.09 Å². The van der Waals surface area contributed by atoms with Gasteiger partial charge in [0.1, 0.15) is 5.60 Å². The van der Waals surface area contributed by atoms with Crippen LogP contribution in [0.25, 0.3) is 0 Å². The van der Waals surface area contributed by atoms with Crippen LogP contribution in [-0.2, 0) is 17.8 Å². The molecule has 3 rings (SSSR count). The lowest BCUT2D eigenvalue weighted by atomic mass is 10.0. The first-order valence-electron chi connectivity index (χ1n) is 8.35. The number of hydrogen-bond donors (Lipinski definition) is 0. The van der Waals surface area contributed by atoms with Gasteiger partial charge in [0.25, 0.3) is 5.92 Å². The molecule has 0 atom stereocenters. The lowest BCUT2D eigenvalue weighted by Crippen LogP contribution is -2.39. The molecule has 1 amide bonds. The maximum Gasteiger partial charge on any atom is 0.410 e. The van der Waals surface area contributed by atoms with Gasteiger partial charge < -0.3 is 9.64 Å². The predicted molar refractivity (Wildman–Crippen MR) is 88.3 cm³/mol. The highest BCUT2D eigenvalue weighted by Crippen LogP contribution is 2.33. The number of halogens is 2. The monoisotopic (exact) mass is 338 g/mol. The molecular weight excluding hydrogens is 314 g/mol. The molecule has 6 heteroatoms. The van der Waals surface area contributed by atoms with Gasteiger partial charge in [-0.2, -0.15) is 0 Å². The summed E-state index contributed by atoms with van der Waals surface area (Å²) in [5.41, 5.74) is 2.59. The number of piperidine rings is 1. The normalized spacial score (nSPS) is 20.0. The molecule has 0 aromatic heterocycles. The Labute approximate surface area is 141 Å². The van der Waals surface area contributed by atoms with Gasteiger partial charge in [-0.3, -0.25) is 4.90 Å². The first-order valence-corrected chi connectivity index (χ1v) is 8.35. The number of alkyl halides is 2. The van der Waals surface area contributed by atoms with Gasteiger partial charge in [0.15, 0.2) is 0 Å². The zero-order valence-electron chi connectivity index (χ0n) is 14.4. The summed E-state index contributed by atoms with van der Waals surface area (Å²) in [5, 5.41) is 0. The number of nitrogens with zero attached hydrogens (tertiary/aromatic N) is 2. The molecule has 1 saturated heterocycles. The van der Waals surface area contributed by atoms with Crippen molar-refractivity contribution in [3.05, 3.63) is 29.3 Å². The van der Waals surface area contributed by atoms with E-state index in [1.165, 1.54) is 0 Å². The van der Waals surface area contributed by atoms with Crippen molar-refractivity contribution in [3.63, 3.8) is 0 Å². The largest absolute Gasteiger partial charge is 0.444 e. The van der Waals surface area contributed by atoms with E-state index < -0.39 is 11.5 Å². The summed E-state index contributed by atoms with van der Waals surface area (Å²) < 4.78 is 32.0. The minimum absolute atomic E-state index is 0.103. The topological polar surface area (TPSA) is 32.8 Å². The van der Waals surface area contributed by atoms with Crippen LogP contribution in [0.5, 0.6) is 0 Å². The first-order chi connectivity index (χ1) is 11.1. The van der Waals surface area contributed by atoms with Gasteiger partial charge in [-0.15, -0.1) is 0 Å². The Morgan fingerprint density at radius 1 is 1.12 bits per heavy atom. The number of anilines is 1. The van der Waals surface area contributed by atoms with Crippen LogP contribution in [0, 0.1) is 0 Å². The van der Waals surface area contributed by atoms with Crippen LogP contribution in [0.3, 0.4) is 0 Å². The summed E-state index contributed by atoms with van der Waals surface area (Å²) in [6, 6.07) is 5.96.